The van der Waals surface area contributed by atoms with E-state index in [0.29, 0.717) is 23.1 Å². The number of piperazine rings is 1. The monoisotopic (exact) mass is 458 g/mol. The Bertz CT molecular complexity index is 1240. The Morgan fingerprint density at radius 2 is 1.64 bits per heavy atom. The van der Waals surface area contributed by atoms with Crippen molar-refractivity contribution in [2.75, 3.05) is 51.8 Å². The first kappa shape index (κ1) is 22.9. The fourth-order valence-electron chi connectivity index (χ4n) is 3.98. The SMILES string of the molecule is COc1ccc(OCC(O)Cn2c(N3CCN(C)CC3)nc3c2c(=O)n(C)c(=O)n3C)cc1. The minimum Gasteiger partial charge on any atom is -0.497 e. The van der Waals surface area contributed by atoms with Gasteiger partial charge in [0.1, 0.15) is 24.2 Å². The van der Waals surface area contributed by atoms with Crippen molar-refractivity contribution in [2.45, 2.75) is 12.6 Å². The van der Waals surface area contributed by atoms with Crippen LogP contribution in [0.4, 0.5) is 5.95 Å². The molecule has 1 aliphatic rings. The Kier molecular flexibility index (Phi) is 6.43. The lowest BCUT2D eigenvalue weighted by molar-refractivity contribution is 0.0935. The second-order valence-corrected chi connectivity index (χ2v) is 8.33. The maximum atomic E-state index is 13.0. The van der Waals surface area contributed by atoms with Gasteiger partial charge in [-0.05, 0) is 31.3 Å². The number of likely N-dealkylation sites (N-methyl/N-ethyl adjacent to an activating group) is 1. The molecule has 3 heterocycles. The van der Waals surface area contributed by atoms with Crippen LogP contribution in [0.15, 0.2) is 33.9 Å². The molecule has 0 spiro atoms. The van der Waals surface area contributed by atoms with Gasteiger partial charge >= 0.3 is 5.69 Å². The molecule has 1 unspecified atom stereocenters. The number of aromatic nitrogens is 4. The Labute approximate surface area is 191 Å². The number of aryl methyl sites for hydroxylation is 1. The second kappa shape index (κ2) is 9.28. The molecular weight excluding hydrogens is 428 g/mol. The molecule has 0 amide bonds. The third kappa shape index (κ3) is 4.46. The van der Waals surface area contributed by atoms with Crippen molar-refractivity contribution in [2.24, 2.45) is 14.1 Å². The highest BCUT2D eigenvalue weighted by Crippen LogP contribution is 2.22. The molecule has 2 aromatic heterocycles. The molecule has 1 aromatic carbocycles. The van der Waals surface area contributed by atoms with E-state index in [0.717, 1.165) is 30.7 Å². The van der Waals surface area contributed by atoms with E-state index in [1.165, 1.54) is 11.6 Å². The van der Waals surface area contributed by atoms with Crippen LogP contribution in [0.1, 0.15) is 0 Å². The number of aliphatic hydroxyl groups excluding tert-OH is 1. The first-order valence-corrected chi connectivity index (χ1v) is 10.8. The molecule has 0 radical (unpaired) electrons. The zero-order valence-corrected chi connectivity index (χ0v) is 19.4. The first-order chi connectivity index (χ1) is 15.8. The number of hydrogen-bond acceptors (Lipinski definition) is 8. The first-order valence-electron chi connectivity index (χ1n) is 10.8. The van der Waals surface area contributed by atoms with Crippen LogP contribution in [-0.2, 0) is 20.6 Å². The summed E-state index contributed by atoms with van der Waals surface area (Å²) in [6.07, 6.45) is -0.905. The number of methoxy groups -OCH3 is 1. The predicted molar refractivity (Wildman–Crippen MR) is 124 cm³/mol. The number of hydrogen-bond donors (Lipinski definition) is 1. The van der Waals surface area contributed by atoms with E-state index >= 15 is 0 Å². The summed E-state index contributed by atoms with van der Waals surface area (Å²) in [6, 6.07) is 7.08. The van der Waals surface area contributed by atoms with Crippen LogP contribution in [0.5, 0.6) is 11.5 Å². The molecule has 178 valence electrons. The lowest BCUT2D eigenvalue weighted by Crippen LogP contribution is -2.45. The van der Waals surface area contributed by atoms with Gasteiger partial charge in [0.25, 0.3) is 5.56 Å². The quantitative estimate of drug-likeness (QED) is 0.511. The average Bonchev–Trinajstić information content (AvgIpc) is 3.20. The lowest BCUT2D eigenvalue weighted by atomic mass is 10.3. The largest absolute Gasteiger partial charge is 0.497 e. The van der Waals surface area contributed by atoms with Crippen LogP contribution in [-0.4, -0.2) is 81.7 Å². The number of imidazole rings is 1. The number of aliphatic hydroxyl groups is 1. The summed E-state index contributed by atoms with van der Waals surface area (Å²) in [5.41, 5.74) is -0.285. The van der Waals surface area contributed by atoms with Crippen molar-refractivity contribution >= 4 is 17.1 Å². The molecular formula is C22H30N6O5. The maximum Gasteiger partial charge on any atom is 0.332 e. The fourth-order valence-corrected chi connectivity index (χ4v) is 3.98. The normalized spacial score (nSPS) is 15.7. The van der Waals surface area contributed by atoms with Crippen molar-refractivity contribution < 1.29 is 14.6 Å². The summed E-state index contributed by atoms with van der Waals surface area (Å²) in [4.78, 5) is 34.4. The van der Waals surface area contributed by atoms with E-state index < -0.39 is 17.4 Å². The Morgan fingerprint density at radius 3 is 2.27 bits per heavy atom. The summed E-state index contributed by atoms with van der Waals surface area (Å²) in [5.74, 6) is 1.88. The standard InChI is InChI=1S/C22H30N6O5/c1-24-9-11-27(12-10-24)21-23-19-18(20(30)26(3)22(31)25(19)2)28(21)13-15(29)14-33-17-7-5-16(32-4)6-8-17/h5-8,15,29H,9-14H2,1-4H3. The van der Waals surface area contributed by atoms with E-state index in [9.17, 15) is 14.7 Å². The van der Waals surface area contributed by atoms with E-state index in [4.69, 9.17) is 9.47 Å². The van der Waals surface area contributed by atoms with Gasteiger partial charge in [-0.25, -0.2) is 4.79 Å². The molecule has 0 saturated carbocycles. The van der Waals surface area contributed by atoms with Crippen LogP contribution in [0.25, 0.3) is 11.2 Å². The molecule has 0 aliphatic carbocycles. The minimum absolute atomic E-state index is 0.0280. The summed E-state index contributed by atoms with van der Waals surface area (Å²) < 4.78 is 15.0. The Balaban J connectivity index is 1.65. The molecule has 11 heteroatoms. The van der Waals surface area contributed by atoms with Gasteiger partial charge in [0.05, 0.1) is 13.7 Å². The molecule has 1 N–H and O–H groups in total. The Morgan fingerprint density at radius 1 is 1.00 bits per heavy atom. The third-order valence-electron chi connectivity index (χ3n) is 6.01. The van der Waals surface area contributed by atoms with Crippen LogP contribution < -0.4 is 25.6 Å². The highest BCUT2D eigenvalue weighted by atomic mass is 16.5. The van der Waals surface area contributed by atoms with E-state index in [-0.39, 0.29) is 18.7 Å². The maximum absolute atomic E-state index is 13.0. The van der Waals surface area contributed by atoms with Crippen LogP contribution in [0.2, 0.25) is 0 Å². The smallest absolute Gasteiger partial charge is 0.332 e. The zero-order valence-electron chi connectivity index (χ0n) is 19.4. The molecule has 11 nitrogen and oxygen atoms in total. The number of anilines is 1. The molecule has 1 saturated heterocycles. The van der Waals surface area contributed by atoms with Crippen molar-refractivity contribution in [3.8, 4) is 11.5 Å². The van der Waals surface area contributed by atoms with E-state index in [2.05, 4.69) is 21.8 Å². The van der Waals surface area contributed by atoms with Crippen molar-refractivity contribution in [3.05, 3.63) is 45.1 Å². The van der Waals surface area contributed by atoms with Crippen LogP contribution in [0, 0.1) is 0 Å². The van der Waals surface area contributed by atoms with Crippen LogP contribution in [0.3, 0.4) is 0 Å². The van der Waals surface area contributed by atoms with Gasteiger partial charge < -0.3 is 28.9 Å². The summed E-state index contributed by atoms with van der Waals surface area (Å²) in [7, 11) is 6.69. The number of fused-ring (bicyclic) bond motifs is 1. The number of ether oxygens (including phenoxy) is 2. The predicted octanol–water partition coefficient (Wildman–Crippen LogP) is -0.366. The van der Waals surface area contributed by atoms with Gasteiger partial charge in [0, 0.05) is 40.3 Å². The molecule has 1 fully saturated rings. The topological polar surface area (TPSA) is 107 Å². The van der Waals surface area contributed by atoms with Gasteiger partial charge in [-0.2, -0.15) is 4.98 Å². The molecule has 33 heavy (non-hydrogen) atoms. The highest BCUT2D eigenvalue weighted by Gasteiger charge is 2.26. The molecule has 1 atom stereocenters. The third-order valence-corrected chi connectivity index (χ3v) is 6.01. The second-order valence-electron chi connectivity index (χ2n) is 8.33. The summed E-state index contributed by atoms with van der Waals surface area (Å²) in [5, 5.41) is 10.8. The van der Waals surface area contributed by atoms with Gasteiger partial charge in [0.2, 0.25) is 5.95 Å². The van der Waals surface area contributed by atoms with Gasteiger partial charge in [-0.1, -0.05) is 0 Å². The average molecular weight is 459 g/mol. The van der Waals surface area contributed by atoms with Crippen molar-refractivity contribution in [1.82, 2.24) is 23.6 Å². The van der Waals surface area contributed by atoms with E-state index in [1.54, 1.807) is 43.0 Å². The molecule has 0 bridgehead atoms. The zero-order chi connectivity index (χ0) is 23.7. The number of benzene rings is 1. The molecule has 3 aromatic rings. The summed E-state index contributed by atoms with van der Waals surface area (Å²) >= 11 is 0. The molecule has 4 rings (SSSR count). The summed E-state index contributed by atoms with van der Waals surface area (Å²) in [6.45, 7) is 3.29. The molecule has 1 aliphatic heterocycles. The minimum atomic E-state index is -0.905. The lowest BCUT2D eigenvalue weighted by Gasteiger charge is -2.33. The van der Waals surface area contributed by atoms with Crippen LogP contribution >= 0.6 is 0 Å². The number of nitrogens with zero attached hydrogens (tertiary/aromatic N) is 6. The fraction of sp³-hybridized carbons (Fsp3) is 0.500. The van der Waals surface area contributed by atoms with Gasteiger partial charge in [-0.15, -0.1) is 0 Å². The number of rotatable bonds is 7. The highest BCUT2D eigenvalue weighted by molar-refractivity contribution is 5.74. The van der Waals surface area contributed by atoms with E-state index in [1.807, 2.05) is 0 Å². The van der Waals surface area contributed by atoms with Gasteiger partial charge in [-0.3, -0.25) is 13.9 Å². The van der Waals surface area contributed by atoms with Crippen molar-refractivity contribution in [1.29, 1.82) is 0 Å². The van der Waals surface area contributed by atoms with Gasteiger partial charge in [0.15, 0.2) is 11.2 Å². The Hall–Kier alpha value is -3.31. The van der Waals surface area contributed by atoms with Crippen molar-refractivity contribution in [3.63, 3.8) is 0 Å².